The van der Waals surface area contributed by atoms with E-state index >= 15 is 0 Å². The largest absolute Gasteiger partial charge is 0.348 e. The van der Waals surface area contributed by atoms with E-state index < -0.39 is 0 Å². The molecule has 0 spiro atoms. The molecule has 136 valence electrons. The summed E-state index contributed by atoms with van der Waals surface area (Å²) in [7, 11) is 0. The molecule has 0 fully saturated rings. The molecule has 4 aromatic rings. The van der Waals surface area contributed by atoms with Crippen molar-refractivity contribution in [2.45, 2.75) is 20.0 Å². The highest BCUT2D eigenvalue weighted by molar-refractivity contribution is 7.13. The van der Waals surface area contributed by atoms with Crippen LogP contribution < -0.4 is 5.32 Å². The van der Waals surface area contributed by atoms with Crippen LogP contribution >= 0.6 is 22.9 Å². The first-order valence-corrected chi connectivity index (χ1v) is 9.84. The lowest BCUT2D eigenvalue weighted by Crippen LogP contribution is -2.23. The Kier molecular flexibility index (Phi) is 4.92. The van der Waals surface area contributed by atoms with Crippen molar-refractivity contribution >= 4 is 39.9 Å². The summed E-state index contributed by atoms with van der Waals surface area (Å²) >= 11 is 7.51. The van der Waals surface area contributed by atoms with Gasteiger partial charge in [0.15, 0.2) is 5.65 Å². The maximum absolute atomic E-state index is 12.9. The lowest BCUT2D eigenvalue weighted by atomic mass is 10.1. The molecule has 1 aromatic carbocycles. The Bertz CT molecular complexity index is 1090. The van der Waals surface area contributed by atoms with Gasteiger partial charge in [-0.15, -0.1) is 11.3 Å². The second kappa shape index (κ2) is 7.50. The Morgan fingerprint density at radius 1 is 1.26 bits per heavy atom. The maximum atomic E-state index is 12.9. The van der Waals surface area contributed by atoms with Gasteiger partial charge in [0.1, 0.15) is 0 Å². The molecule has 27 heavy (non-hydrogen) atoms. The third-order valence-electron chi connectivity index (χ3n) is 4.29. The fourth-order valence-corrected chi connectivity index (χ4v) is 3.71. The van der Waals surface area contributed by atoms with Gasteiger partial charge in [0.25, 0.3) is 5.91 Å². The monoisotopic (exact) mass is 396 g/mol. The van der Waals surface area contributed by atoms with Gasteiger partial charge in [-0.1, -0.05) is 29.8 Å². The van der Waals surface area contributed by atoms with E-state index in [1.807, 2.05) is 59.5 Å². The highest BCUT2D eigenvalue weighted by Gasteiger charge is 2.17. The number of fused-ring (bicyclic) bond motifs is 1. The van der Waals surface area contributed by atoms with Crippen LogP contribution in [0, 0.1) is 0 Å². The molecule has 1 N–H and O–H groups in total. The van der Waals surface area contributed by atoms with E-state index in [-0.39, 0.29) is 5.91 Å². The van der Waals surface area contributed by atoms with Crippen LogP contribution in [0.4, 0.5) is 0 Å². The summed E-state index contributed by atoms with van der Waals surface area (Å²) in [5, 5.41) is 10.8. The molecule has 0 radical (unpaired) electrons. The zero-order chi connectivity index (χ0) is 18.8. The fourth-order valence-electron chi connectivity index (χ4n) is 2.90. The average molecular weight is 397 g/mol. The first kappa shape index (κ1) is 17.7. The van der Waals surface area contributed by atoms with Gasteiger partial charge in [-0.3, -0.25) is 4.79 Å². The standard InChI is InChI=1S/C20H17ClN4OS/c1-2-25-19-16(12-23-25)15(10-17(24-19)18-4-3-9-27-18)20(26)22-11-13-5-7-14(21)8-6-13/h3-10,12H,2,11H2,1H3,(H,22,26). The van der Waals surface area contributed by atoms with Gasteiger partial charge in [-0.2, -0.15) is 5.10 Å². The minimum Gasteiger partial charge on any atom is -0.348 e. The molecule has 3 aromatic heterocycles. The average Bonchev–Trinajstić information content (AvgIpc) is 3.36. The Labute approximate surface area is 165 Å². The molecule has 0 aliphatic heterocycles. The van der Waals surface area contributed by atoms with E-state index in [4.69, 9.17) is 16.6 Å². The normalized spacial score (nSPS) is 11.0. The molecule has 0 atom stereocenters. The lowest BCUT2D eigenvalue weighted by Gasteiger charge is -2.09. The van der Waals surface area contributed by atoms with E-state index in [0.29, 0.717) is 23.7 Å². The smallest absolute Gasteiger partial charge is 0.252 e. The molecule has 5 nitrogen and oxygen atoms in total. The van der Waals surface area contributed by atoms with Crippen molar-refractivity contribution in [3.63, 3.8) is 0 Å². The number of halogens is 1. The zero-order valence-corrected chi connectivity index (χ0v) is 16.2. The van der Waals surface area contributed by atoms with Crippen LogP contribution in [-0.2, 0) is 13.1 Å². The van der Waals surface area contributed by atoms with E-state index in [1.54, 1.807) is 17.5 Å². The molecule has 0 aliphatic carbocycles. The minimum atomic E-state index is -0.147. The van der Waals surface area contributed by atoms with Crippen molar-refractivity contribution in [2.24, 2.45) is 0 Å². The highest BCUT2D eigenvalue weighted by Crippen LogP contribution is 2.28. The number of amides is 1. The number of carbonyl (C=O) groups excluding carboxylic acids is 1. The van der Waals surface area contributed by atoms with Gasteiger partial charge >= 0.3 is 0 Å². The van der Waals surface area contributed by atoms with Gasteiger partial charge < -0.3 is 5.32 Å². The van der Waals surface area contributed by atoms with Crippen LogP contribution in [-0.4, -0.2) is 20.7 Å². The Morgan fingerprint density at radius 2 is 2.07 bits per heavy atom. The number of benzene rings is 1. The van der Waals surface area contributed by atoms with E-state index in [9.17, 15) is 4.79 Å². The second-order valence-electron chi connectivity index (χ2n) is 6.04. The number of aromatic nitrogens is 3. The molecule has 0 bridgehead atoms. The predicted octanol–water partition coefficient (Wildman–Crippen LogP) is 4.76. The van der Waals surface area contributed by atoms with Crippen LogP contribution in [0.2, 0.25) is 5.02 Å². The molecule has 0 saturated carbocycles. The molecular weight excluding hydrogens is 380 g/mol. The van der Waals surface area contributed by atoms with E-state index in [2.05, 4.69) is 10.4 Å². The van der Waals surface area contributed by atoms with Crippen LogP contribution in [0.3, 0.4) is 0 Å². The van der Waals surface area contributed by atoms with Crippen LogP contribution in [0.1, 0.15) is 22.8 Å². The first-order chi connectivity index (χ1) is 13.2. The number of nitrogens with zero attached hydrogens (tertiary/aromatic N) is 3. The zero-order valence-electron chi connectivity index (χ0n) is 14.6. The molecule has 7 heteroatoms. The van der Waals surface area contributed by atoms with Gasteiger partial charge in [-0.25, -0.2) is 9.67 Å². The number of aryl methyl sites for hydroxylation is 1. The number of rotatable bonds is 5. The number of pyridine rings is 1. The van der Waals surface area contributed by atoms with Crippen molar-refractivity contribution < 1.29 is 4.79 Å². The number of nitrogens with one attached hydrogen (secondary N) is 1. The SMILES string of the molecule is CCn1ncc2c(C(=O)NCc3ccc(Cl)cc3)cc(-c3cccs3)nc21. The van der Waals surface area contributed by atoms with Gasteiger partial charge in [0.05, 0.1) is 27.7 Å². The number of hydrogen-bond donors (Lipinski definition) is 1. The molecule has 0 aliphatic rings. The third-order valence-corrected chi connectivity index (χ3v) is 5.44. The quantitative estimate of drug-likeness (QED) is 0.529. The molecule has 0 saturated heterocycles. The fraction of sp³-hybridized carbons (Fsp3) is 0.150. The number of thiophene rings is 1. The third kappa shape index (κ3) is 3.59. The Hall–Kier alpha value is -2.70. The van der Waals surface area contributed by atoms with Crippen LogP contribution in [0.5, 0.6) is 0 Å². The number of hydrogen-bond acceptors (Lipinski definition) is 4. The molecule has 4 rings (SSSR count). The second-order valence-corrected chi connectivity index (χ2v) is 7.42. The molecule has 3 heterocycles. The van der Waals surface area contributed by atoms with Crippen molar-refractivity contribution in [1.29, 1.82) is 0 Å². The first-order valence-electron chi connectivity index (χ1n) is 8.59. The molecule has 1 amide bonds. The summed E-state index contributed by atoms with van der Waals surface area (Å²) in [4.78, 5) is 18.7. The van der Waals surface area contributed by atoms with Crippen molar-refractivity contribution in [1.82, 2.24) is 20.1 Å². The summed E-state index contributed by atoms with van der Waals surface area (Å²) in [6.07, 6.45) is 1.71. The van der Waals surface area contributed by atoms with Crippen molar-refractivity contribution in [2.75, 3.05) is 0 Å². The van der Waals surface area contributed by atoms with Crippen molar-refractivity contribution in [3.05, 3.63) is 70.2 Å². The summed E-state index contributed by atoms with van der Waals surface area (Å²) in [6, 6.07) is 13.2. The summed E-state index contributed by atoms with van der Waals surface area (Å²) in [6.45, 7) is 3.12. The van der Waals surface area contributed by atoms with Crippen LogP contribution in [0.25, 0.3) is 21.6 Å². The topological polar surface area (TPSA) is 59.8 Å². The Balaban J connectivity index is 1.69. The minimum absolute atomic E-state index is 0.147. The molecule has 0 unspecified atom stereocenters. The Morgan fingerprint density at radius 3 is 2.78 bits per heavy atom. The van der Waals surface area contributed by atoms with E-state index in [0.717, 1.165) is 27.2 Å². The number of carbonyl (C=O) groups is 1. The highest BCUT2D eigenvalue weighted by atomic mass is 35.5. The summed E-state index contributed by atoms with van der Waals surface area (Å²) < 4.78 is 1.81. The predicted molar refractivity (Wildman–Crippen MR) is 109 cm³/mol. The molecular formula is C20H17ClN4OS. The summed E-state index contributed by atoms with van der Waals surface area (Å²) in [5.74, 6) is -0.147. The van der Waals surface area contributed by atoms with E-state index in [1.165, 1.54) is 0 Å². The van der Waals surface area contributed by atoms with Gasteiger partial charge in [0.2, 0.25) is 0 Å². The van der Waals surface area contributed by atoms with Gasteiger partial charge in [-0.05, 0) is 42.1 Å². The summed E-state index contributed by atoms with van der Waals surface area (Å²) in [5.41, 5.74) is 3.07. The maximum Gasteiger partial charge on any atom is 0.252 e. The van der Waals surface area contributed by atoms with Gasteiger partial charge in [0, 0.05) is 18.1 Å². The van der Waals surface area contributed by atoms with Crippen LogP contribution in [0.15, 0.2) is 54.0 Å². The van der Waals surface area contributed by atoms with Crippen molar-refractivity contribution in [3.8, 4) is 10.6 Å². The lowest BCUT2D eigenvalue weighted by molar-refractivity contribution is 0.0952.